The standard InChI is InChI=1S/C19H24N2O/c1-15-9-10-16(2)18(13-15)19(22)21(12-6-11-20)14-17-7-4-3-5-8-17/h3-5,7-10,13H,6,11-12,14,20H2,1-2H3. The molecular formula is C19H24N2O. The minimum absolute atomic E-state index is 0.0819. The molecule has 3 nitrogen and oxygen atoms in total. The van der Waals surface area contributed by atoms with Gasteiger partial charge in [0.2, 0.25) is 0 Å². The Morgan fingerprint density at radius 2 is 1.82 bits per heavy atom. The largest absolute Gasteiger partial charge is 0.334 e. The lowest BCUT2D eigenvalue weighted by molar-refractivity contribution is 0.0741. The van der Waals surface area contributed by atoms with Crippen molar-refractivity contribution in [1.29, 1.82) is 0 Å². The van der Waals surface area contributed by atoms with Gasteiger partial charge in [-0.2, -0.15) is 0 Å². The zero-order chi connectivity index (χ0) is 15.9. The topological polar surface area (TPSA) is 46.3 Å². The summed E-state index contributed by atoms with van der Waals surface area (Å²) in [5.74, 6) is 0.0819. The van der Waals surface area contributed by atoms with Crippen LogP contribution in [-0.2, 0) is 6.54 Å². The molecule has 2 aromatic rings. The molecule has 2 N–H and O–H groups in total. The minimum Gasteiger partial charge on any atom is -0.334 e. The van der Waals surface area contributed by atoms with E-state index < -0.39 is 0 Å². The lowest BCUT2D eigenvalue weighted by Gasteiger charge is -2.24. The summed E-state index contributed by atoms with van der Waals surface area (Å²) in [7, 11) is 0. The Labute approximate surface area is 132 Å². The molecule has 0 radical (unpaired) electrons. The van der Waals surface area contributed by atoms with Crippen molar-refractivity contribution in [1.82, 2.24) is 4.90 Å². The Hall–Kier alpha value is -2.13. The number of hydrogen-bond acceptors (Lipinski definition) is 2. The van der Waals surface area contributed by atoms with Crippen LogP contribution < -0.4 is 5.73 Å². The summed E-state index contributed by atoms with van der Waals surface area (Å²) in [6, 6.07) is 16.1. The Morgan fingerprint density at radius 3 is 2.50 bits per heavy atom. The number of hydrogen-bond donors (Lipinski definition) is 1. The summed E-state index contributed by atoms with van der Waals surface area (Å²) in [6.07, 6.45) is 0.809. The summed E-state index contributed by atoms with van der Waals surface area (Å²) in [5, 5.41) is 0. The predicted molar refractivity (Wildman–Crippen MR) is 90.8 cm³/mol. The molecule has 22 heavy (non-hydrogen) atoms. The molecule has 0 saturated carbocycles. The molecule has 0 unspecified atom stereocenters. The molecule has 0 aliphatic heterocycles. The minimum atomic E-state index is 0.0819. The first-order valence-corrected chi connectivity index (χ1v) is 7.72. The number of carbonyl (C=O) groups excluding carboxylic acids is 1. The molecule has 0 aliphatic rings. The Balaban J connectivity index is 2.24. The molecule has 2 aromatic carbocycles. The van der Waals surface area contributed by atoms with Crippen molar-refractivity contribution in [2.24, 2.45) is 5.73 Å². The van der Waals surface area contributed by atoms with Crippen LogP contribution in [0, 0.1) is 13.8 Å². The van der Waals surface area contributed by atoms with Crippen molar-refractivity contribution in [3.63, 3.8) is 0 Å². The number of benzene rings is 2. The predicted octanol–water partition coefficient (Wildman–Crippen LogP) is 3.29. The van der Waals surface area contributed by atoms with Gasteiger partial charge >= 0.3 is 0 Å². The number of carbonyl (C=O) groups is 1. The molecule has 116 valence electrons. The highest BCUT2D eigenvalue weighted by molar-refractivity contribution is 5.95. The second-order valence-corrected chi connectivity index (χ2v) is 5.67. The van der Waals surface area contributed by atoms with Gasteiger partial charge in [-0.05, 0) is 44.0 Å². The third kappa shape index (κ3) is 4.18. The monoisotopic (exact) mass is 296 g/mol. The number of amides is 1. The van der Waals surface area contributed by atoms with E-state index >= 15 is 0 Å². The van der Waals surface area contributed by atoms with Gasteiger partial charge in [-0.1, -0.05) is 48.0 Å². The van der Waals surface area contributed by atoms with Crippen LogP contribution in [0.2, 0.25) is 0 Å². The maximum Gasteiger partial charge on any atom is 0.254 e. The lowest BCUT2D eigenvalue weighted by atomic mass is 10.0. The number of nitrogens with zero attached hydrogens (tertiary/aromatic N) is 1. The Morgan fingerprint density at radius 1 is 1.09 bits per heavy atom. The summed E-state index contributed by atoms with van der Waals surface area (Å²) < 4.78 is 0. The third-order valence-corrected chi connectivity index (χ3v) is 3.76. The Kier molecular flexibility index (Phi) is 5.73. The van der Waals surface area contributed by atoms with E-state index in [0.717, 1.165) is 28.7 Å². The van der Waals surface area contributed by atoms with Crippen LogP contribution in [0.15, 0.2) is 48.5 Å². The molecule has 0 spiro atoms. The van der Waals surface area contributed by atoms with E-state index in [2.05, 4.69) is 0 Å². The van der Waals surface area contributed by atoms with Crippen LogP contribution in [0.4, 0.5) is 0 Å². The highest BCUT2D eigenvalue weighted by atomic mass is 16.2. The quantitative estimate of drug-likeness (QED) is 0.889. The van der Waals surface area contributed by atoms with Crippen molar-refractivity contribution in [3.05, 3.63) is 70.8 Å². The average molecular weight is 296 g/mol. The second-order valence-electron chi connectivity index (χ2n) is 5.67. The molecular weight excluding hydrogens is 272 g/mol. The lowest BCUT2D eigenvalue weighted by Crippen LogP contribution is -2.33. The van der Waals surface area contributed by atoms with Gasteiger partial charge in [0.25, 0.3) is 5.91 Å². The molecule has 1 amide bonds. The van der Waals surface area contributed by atoms with Crippen molar-refractivity contribution in [2.75, 3.05) is 13.1 Å². The Bertz CT molecular complexity index is 623. The van der Waals surface area contributed by atoms with Crippen molar-refractivity contribution in [2.45, 2.75) is 26.8 Å². The maximum atomic E-state index is 12.9. The van der Waals surface area contributed by atoms with Crippen molar-refractivity contribution >= 4 is 5.91 Å². The number of aryl methyl sites for hydroxylation is 2. The SMILES string of the molecule is Cc1ccc(C)c(C(=O)N(CCCN)Cc2ccccc2)c1. The van der Waals surface area contributed by atoms with E-state index in [1.165, 1.54) is 0 Å². The van der Waals surface area contributed by atoms with Crippen LogP contribution in [0.3, 0.4) is 0 Å². The van der Waals surface area contributed by atoms with Gasteiger partial charge in [0.05, 0.1) is 0 Å². The van der Waals surface area contributed by atoms with Crippen LogP contribution >= 0.6 is 0 Å². The summed E-state index contributed by atoms with van der Waals surface area (Å²) in [5.41, 5.74) is 9.67. The van der Waals surface area contributed by atoms with Gasteiger partial charge in [0, 0.05) is 18.7 Å². The fraction of sp³-hybridized carbons (Fsp3) is 0.316. The molecule has 0 aliphatic carbocycles. The fourth-order valence-corrected chi connectivity index (χ4v) is 2.47. The average Bonchev–Trinajstić information content (AvgIpc) is 2.54. The maximum absolute atomic E-state index is 12.9. The molecule has 0 saturated heterocycles. The van der Waals surface area contributed by atoms with Gasteiger partial charge in [-0.25, -0.2) is 0 Å². The highest BCUT2D eigenvalue weighted by Crippen LogP contribution is 2.16. The van der Waals surface area contributed by atoms with Crippen LogP contribution in [0.25, 0.3) is 0 Å². The van der Waals surface area contributed by atoms with E-state index in [9.17, 15) is 4.79 Å². The molecule has 2 rings (SSSR count). The smallest absolute Gasteiger partial charge is 0.254 e. The molecule has 0 heterocycles. The van der Waals surface area contributed by atoms with E-state index in [-0.39, 0.29) is 5.91 Å². The van der Waals surface area contributed by atoms with Crippen molar-refractivity contribution in [3.8, 4) is 0 Å². The number of rotatable bonds is 6. The van der Waals surface area contributed by atoms with E-state index in [1.54, 1.807) is 0 Å². The first-order valence-electron chi connectivity index (χ1n) is 7.72. The van der Waals surface area contributed by atoms with Gasteiger partial charge in [-0.3, -0.25) is 4.79 Å². The van der Waals surface area contributed by atoms with Crippen LogP contribution in [-0.4, -0.2) is 23.9 Å². The molecule has 0 atom stereocenters. The molecule has 0 aromatic heterocycles. The van der Waals surface area contributed by atoms with Crippen molar-refractivity contribution < 1.29 is 4.79 Å². The fourth-order valence-electron chi connectivity index (χ4n) is 2.47. The van der Waals surface area contributed by atoms with Gasteiger partial charge in [0.15, 0.2) is 0 Å². The first-order chi connectivity index (χ1) is 10.6. The van der Waals surface area contributed by atoms with Gasteiger partial charge in [-0.15, -0.1) is 0 Å². The highest BCUT2D eigenvalue weighted by Gasteiger charge is 2.17. The molecule has 0 bridgehead atoms. The van der Waals surface area contributed by atoms with E-state index in [0.29, 0.717) is 19.6 Å². The van der Waals surface area contributed by atoms with E-state index in [4.69, 9.17) is 5.73 Å². The zero-order valence-corrected chi connectivity index (χ0v) is 13.4. The zero-order valence-electron chi connectivity index (χ0n) is 13.4. The number of nitrogens with two attached hydrogens (primary N) is 1. The molecule has 0 fully saturated rings. The van der Waals surface area contributed by atoms with Crippen LogP contribution in [0.1, 0.15) is 33.5 Å². The summed E-state index contributed by atoms with van der Waals surface area (Å²) in [4.78, 5) is 14.8. The van der Waals surface area contributed by atoms with Gasteiger partial charge in [0.1, 0.15) is 0 Å². The second kappa shape index (κ2) is 7.76. The summed E-state index contributed by atoms with van der Waals surface area (Å²) in [6.45, 7) is 5.88. The van der Waals surface area contributed by atoms with E-state index in [1.807, 2.05) is 67.3 Å². The van der Waals surface area contributed by atoms with Gasteiger partial charge < -0.3 is 10.6 Å². The third-order valence-electron chi connectivity index (χ3n) is 3.76. The first kappa shape index (κ1) is 16.2. The normalized spacial score (nSPS) is 10.5. The van der Waals surface area contributed by atoms with Crippen LogP contribution in [0.5, 0.6) is 0 Å². The molecule has 3 heteroatoms. The summed E-state index contributed by atoms with van der Waals surface area (Å²) >= 11 is 0.